The van der Waals surface area contributed by atoms with Crippen LogP contribution in [-0.2, 0) is 21.1 Å². The average Bonchev–Trinajstić information content (AvgIpc) is 2.72. The Morgan fingerprint density at radius 1 is 1.23 bits per heavy atom. The van der Waals surface area contributed by atoms with Crippen molar-refractivity contribution >= 4 is 17.3 Å². The summed E-state index contributed by atoms with van der Waals surface area (Å²) >= 11 is 0. The molecule has 160 valence electrons. The number of alkyl halides is 2. The number of amides is 1. The van der Waals surface area contributed by atoms with Crippen molar-refractivity contribution in [2.24, 2.45) is 10.3 Å². The number of likely N-dealkylation sites (N-methyl/N-ethyl adjacent to an activating group) is 1. The van der Waals surface area contributed by atoms with E-state index < -0.39 is 12.3 Å². The second kappa shape index (κ2) is 10.4. The van der Waals surface area contributed by atoms with E-state index in [2.05, 4.69) is 25.6 Å². The van der Waals surface area contributed by atoms with Gasteiger partial charge in [-0.25, -0.2) is 18.7 Å². The third kappa shape index (κ3) is 5.56. The highest BCUT2D eigenvalue weighted by Gasteiger charge is 2.19. The van der Waals surface area contributed by atoms with Crippen molar-refractivity contribution < 1.29 is 23.3 Å². The van der Waals surface area contributed by atoms with Crippen LogP contribution < -0.4 is 5.32 Å². The molecule has 0 atom stereocenters. The standard InChI is InChI=1S/C20H23F2N5O3/c1-11-7-6-8-14(18(27-29-5)20(28)23-4)15(11)10-30-26-12(2)16-9-17(19(21)22)25-13(3)24-16/h6-9,19H,10H2,1-5H3,(H,23,28)/b26-12+,27-18+. The molecule has 1 amide bonds. The Morgan fingerprint density at radius 2 is 1.97 bits per heavy atom. The maximum absolute atomic E-state index is 13.0. The average molecular weight is 419 g/mol. The summed E-state index contributed by atoms with van der Waals surface area (Å²) in [7, 11) is 2.84. The van der Waals surface area contributed by atoms with Crippen LogP contribution in [0.25, 0.3) is 0 Å². The first kappa shape index (κ1) is 22.9. The molecule has 0 saturated carbocycles. The van der Waals surface area contributed by atoms with Crippen LogP contribution in [-0.4, -0.2) is 41.5 Å². The van der Waals surface area contributed by atoms with E-state index in [4.69, 9.17) is 9.68 Å². The number of carbonyl (C=O) groups excluding carboxylic acids is 1. The van der Waals surface area contributed by atoms with Crippen LogP contribution >= 0.6 is 0 Å². The molecule has 0 fully saturated rings. The molecule has 1 aromatic heterocycles. The van der Waals surface area contributed by atoms with Crippen LogP contribution in [0.15, 0.2) is 34.6 Å². The zero-order valence-electron chi connectivity index (χ0n) is 17.4. The van der Waals surface area contributed by atoms with Crippen molar-refractivity contribution in [1.29, 1.82) is 0 Å². The molecular formula is C20H23F2N5O3. The molecule has 2 aromatic rings. The van der Waals surface area contributed by atoms with E-state index in [0.717, 1.165) is 5.56 Å². The number of hydrogen-bond donors (Lipinski definition) is 1. The van der Waals surface area contributed by atoms with Gasteiger partial charge in [0, 0.05) is 18.2 Å². The number of rotatable bonds is 8. The zero-order chi connectivity index (χ0) is 22.3. The lowest BCUT2D eigenvalue weighted by atomic mass is 9.98. The van der Waals surface area contributed by atoms with Gasteiger partial charge in [0.2, 0.25) is 0 Å². The molecule has 1 heterocycles. The van der Waals surface area contributed by atoms with Gasteiger partial charge >= 0.3 is 0 Å². The molecule has 0 bridgehead atoms. The molecule has 30 heavy (non-hydrogen) atoms. The summed E-state index contributed by atoms with van der Waals surface area (Å²) in [5.41, 5.74) is 2.34. The summed E-state index contributed by atoms with van der Waals surface area (Å²) in [6.45, 7) is 5.00. The molecule has 10 heteroatoms. The number of carbonyl (C=O) groups is 1. The van der Waals surface area contributed by atoms with Gasteiger partial charge in [-0.1, -0.05) is 28.5 Å². The fourth-order valence-electron chi connectivity index (χ4n) is 2.67. The molecule has 0 aliphatic rings. The lowest BCUT2D eigenvalue weighted by molar-refractivity contribution is -0.114. The molecule has 8 nitrogen and oxygen atoms in total. The maximum Gasteiger partial charge on any atom is 0.280 e. The Hall–Kier alpha value is -3.43. The zero-order valence-corrected chi connectivity index (χ0v) is 17.4. The molecule has 0 unspecified atom stereocenters. The molecule has 0 aliphatic heterocycles. The molecule has 0 saturated heterocycles. The number of benzene rings is 1. The lowest BCUT2D eigenvalue weighted by Gasteiger charge is -2.13. The van der Waals surface area contributed by atoms with Crippen molar-refractivity contribution in [2.75, 3.05) is 14.2 Å². The Morgan fingerprint density at radius 3 is 2.60 bits per heavy atom. The highest BCUT2D eigenvalue weighted by atomic mass is 19.3. The van der Waals surface area contributed by atoms with E-state index in [-0.39, 0.29) is 29.5 Å². The van der Waals surface area contributed by atoms with E-state index in [1.54, 1.807) is 19.1 Å². The van der Waals surface area contributed by atoms with Crippen molar-refractivity contribution in [3.05, 3.63) is 58.2 Å². The number of aromatic nitrogens is 2. The van der Waals surface area contributed by atoms with Crippen molar-refractivity contribution in [3.8, 4) is 0 Å². The van der Waals surface area contributed by atoms with Gasteiger partial charge in [-0.15, -0.1) is 0 Å². The van der Waals surface area contributed by atoms with Crippen LogP contribution in [0.1, 0.15) is 47.3 Å². The minimum atomic E-state index is -2.71. The first-order chi connectivity index (χ1) is 14.3. The van der Waals surface area contributed by atoms with Gasteiger partial charge < -0.3 is 15.0 Å². The first-order valence-electron chi connectivity index (χ1n) is 9.01. The number of halogens is 2. The van der Waals surface area contributed by atoms with E-state index >= 15 is 0 Å². The molecule has 1 N–H and O–H groups in total. The summed E-state index contributed by atoms with van der Waals surface area (Å²) in [4.78, 5) is 30.3. The highest BCUT2D eigenvalue weighted by molar-refractivity contribution is 6.45. The third-order valence-electron chi connectivity index (χ3n) is 4.15. The minimum Gasteiger partial charge on any atom is -0.398 e. The lowest BCUT2D eigenvalue weighted by Crippen LogP contribution is -2.29. The second-order valence-electron chi connectivity index (χ2n) is 6.28. The smallest absolute Gasteiger partial charge is 0.280 e. The maximum atomic E-state index is 13.0. The highest BCUT2D eigenvalue weighted by Crippen LogP contribution is 2.19. The monoisotopic (exact) mass is 419 g/mol. The molecule has 2 rings (SSSR count). The first-order valence-corrected chi connectivity index (χ1v) is 9.01. The number of aryl methyl sites for hydroxylation is 2. The number of hydrogen-bond acceptors (Lipinski definition) is 7. The third-order valence-corrected chi connectivity index (χ3v) is 4.15. The summed E-state index contributed by atoms with van der Waals surface area (Å²) in [6.07, 6.45) is -2.71. The van der Waals surface area contributed by atoms with Crippen LogP contribution in [0.5, 0.6) is 0 Å². The predicted octanol–water partition coefficient (Wildman–Crippen LogP) is 3.07. The van der Waals surface area contributed by atoms with Crippen molar-refractivity contribution in [2.45, 2.75) is 33.8 Å². The second-order valence-corrected chi connectivity index (χ2v) is 6.28. The fourth-order valence-corrected chi connectivity index (χ4v) is 2.67. The Bertz CT molecular complexity index is 977. The largest absolute Gasteiger partial charge is 0.398 e. The van der Waals surface area contributed by atoms with E-state index in [9.17, 15) is 13.6 Å². The van der Waals surface area contributed by atoms with E-state index in [1.165, 1.54) is 27.1 Å². The number of nitrogens with zero attached hydrogens (tertiary/aromatic N) is 4. The quantitative estimate of drug-likeness (QED) is 0.524. The molecular weight excluding hydrogens is 396 g/mol. The molecule has 0 radical (unpaired) electrons. The Balaban J connectivity index is 2.30. The van der Waals surface area contributed by atoms with Gasteiger partial charge in [-0.05, 0) is 32.4 Å². The molecule has 1 aromatic carbocycles. The van der Waals surface area contributed by atoms with Gasteiger partial charge in [-0.3, -0.25) is 4.79 Å². The van der Waals surface area contributed by atoms with Gasteiger partial charge in [-0.2, -0.15) is 0 Å². The van der Waals surface area contributed by atoms with Gasteiger partial charge in [0.15, 0.2) is 5.71 Å². The summed E-state index contributed by atoms with van der Waals surface area (Å²) in [6, 6.07) is 6.54. The predicted molar refractivity (Wildman–Crippen MR) is 108 cm³/mol. The van der Waals surface area contributed by atoms with Gasteiger partial charge in [0.1, 0.15) is 30.9 Å². The molecule has 0 aliphatic carbocycles. The Labute approximate surface area is 173 Å². The van der Waals surface area contributed by atoms with Crippen LogP contribution in [0.2, 0.25) is 0 Å². The van der Waals surface area contributed by atoms with Crippen LogP contribution in [0, 0.1) is 13.8 Å². The molecule has 0 spiro atoms. The minimum absolute atomic E-state index is 0.0187. The van der Waals surface area contributed by atoms with Crippen LogP contribution in [0.4, 0.5) is 8.78 Å². The SMILES string of the molecule is CNC(=O)/C(=N/OC)c1cccc(C)c1CO/N=C(\C)c1cc(C(F)F)nc(C)n1. The normalized spacial score (nSPS) is 12.1. The van der Waals surface area contributed by atoms with Crippen LogP contribution in [0.3, 0.4) is 0 Å². The summed E-state index contributed by atoms with van der Waals surface area (Å²) in [5.74, 6) is -0.205. The summed E-state index contributed by atoms with van der Waals surface area (Å²) < 4.78 is 25.9. The topological polar surface area (TPSA) is 98.1 Å². The van der Waals surface area contributed by atoms with Crippen molar-refractivity contribution in [3.63, 3.8) is 0 Å². The number of oxime groups is 2. The van der Waals surface area contributed by atoms with E-state index in [0.29, 0.717) is 16.8 Å². The number of nitrogens with one attached hydrogen (secondary N) is 1. The van der Waals surface area contributed by atoms with Gasteiger partial charge in [0.05, 0.1) is 5.69 Å². The summed E-state index contributed by atoms with van der Waals surface area (Å²) in [5, 5.41) is 10.3. The Kier molecular flexibility index (Phi) is 7.90. The van der Waals surface area contributed by atoms with E-state index in [1.807, 2.05) is 13.0 Å². The fraction of sp³-hybridized carbons (Fsp3) is 0.350. The van der Waals surface area contributed by atoms with Gasteiger partial charge in [0.25, 0.3) is 12.3 Å². The van der Waals surface area contributed by atoms with Crippen molar-refractivity contribution in [1.82, 2.24) is 15.3 Å².